The van der Waals surface area contributed by atoms with Crippen LogP contribution in [0, 0.1) is 12.7 Å². The summed E-state index contributed by atoms with van der Waals surface area (Å²) in [6, 6.07) is 3.18. The van der Waals surface area contributed by atoms with Gasteiger partial charge >= 0.3 is 0 Å². The Morgan fingerprint density at radius 3 is 2.74 bits per heavy atom. The molecule has 0 fully saturated rings. The van der Waals surface area contributed by atoms with E-state index in [2.05, 4.69) is 30.5 Å². The van der Waals surface area contributed by atoms with Crippen LogP contribution in [-0.2, 0) is 4.79 Å². The average molecular weight is 367 g/mol. The highest BCUT2D eigenvalue weighted by Gasteiger charge is 2.27. The highest BCUT2D eigenvalue weighted by molar-refractivity contribution is 5.99. The van der Waals surface area contributed by atoms with E-state index in [0.717, 1.165) is 5.56 Å². The van der Waals surface area contributed by atoms with Crippen molar-refractivity contribution in [3.05, 3.63) is 36.0 Å². The van der Waals surface area contributed by atoms with E-state index in [0.29, 0.717) is 34.3 Å². The quantitative estimate of drug-likeness (QED) is 0.738. The fourth-order valence-corrected chi connectivity index (χ4v) is 3.09. The molecule has 4 rings (SSSR count). The second-order valence-electron chi connectivity index (χ2n) is 6.67. The van der Waals surface area contributed by atoms with E-state index in [1.54, 1.807) is 6.07 Å². The molecule has 1 aromatic carbocycles. The Balaban J connectivity index is 1.80. The lowest BCUT2D eigenvalue weighted by Crippen LogP contribution is -2.43. The molecule has 3 heterocycles. The van der Waals surface area contributed by atoms with Crippen molar-refractivity contribution < 1.29 is 9.18 Å². The number of hydrogen-bond acceptors (Lipinski definition) is 6. The second kappa shape index (κ2) is 6.42. The Labute approximate surface area is 154 Å². The van der Waals surface area contributed by atoms with Gasteiger partial charge in [-0.25, -0.2) is 19.3 Å². The maximum absolute atomic E-state index is 14.7. The Morgan fingerprint density at radius 2 is 2.04 bits per heavy atom. The number of halogens is 1. The zero-order valence-corrected chi connectivity index (χ0v) is 15.1. The third-order valence-corrected chi connectivity index (χ3v) is 4.47. The van der Waals surface area contributed by atoms with Gasteiger partial charge in [0.1, 0.15) is 12.1 Å². The first-order valence-electron chi connectivity index (χ1n) is 8.54. The van der Waals surface area contributed by atoms with E-state index < -0.39 is 5.82 Å². The van der Waals surface area contributed by atoms with Gasteiger partial charge in [0.25, 0.3) is 0 Å². The number of aryl methyl sites for hydroxylation is 1. The van der Waals surface area contributed by atoms with Gasteiger partial charge in [-0.3, -0.25) is 9.89 Å². The number of nitrogens with one attached hydrogen (secondary N) is 2. The number of carbonyl (C=O) groups excluding carboxylic acids is 1. The van der Waals surface area contributed by atoms with Crippen molar-refractivity contribution in [3.8, 4) is 22.6 Å². The van der Waals surface area contributed by atoms with Crippen LogP contribution in [0.1, 0.15) is 19.4 Å². The number of benzene rings is 1. The summed E-state index contributed by atoms with van der Waals surface area (Å²) in [6.45, 7) is 6.04. The predicted octanol–water partition coefficient (Wildman–Crippen LogP) is 2.54. The Bertz CT molecular complexity index is 1020. The molecule has 1 amide bonds. The first-order chi connectivity index (χ1) is 12.9. The van der Waals surface area contributed by atoms with Crippen LogP contribution < -0.4 is 10.2 Å². The van der Waals surface area contributed by atoms with Gasteiger partial charge in [0, 0.05) is 11.6 Å². The summed E-state index contributed by atoms with van der Waals surface area (Å²) >= 11 is 0. The van der Waals surface area contributed by atoms with Gasteiger partial charge in [-0.2, -0.15) is 5.10 Å². The summed E-state index contributed by atoms with van der Waals surface area (Å²) in [5.41, 5.74) is 2.30. The summed E-state index contributed by atoms with van der Waals surface area (Å²) in [5, 5.41) is 9.25. The summed E-state index contributed by atoms with van der Waals surface area (Å²) in [4.78, 5) is 26.7. The maximum Gasteiger partial charge on any atom is 0.245 e. The number of amides is 1. The molecule has 27 heavy (non-hydrogen) atoms. The number of carbonyl (C=O) groups is 1. The van der Waals surface area contributed by atoms with E-state index in [1.165, 1.54) is 18.6 Å². The largest absolute Gasteiger partial charge is 0.342 e. The molecule has 1 aliphatic rings. The van der Waals surface area contributed by atoms with Crippen molar-refractivity contribution in [3.63, 3.8) is 0 Å². The maximum atomic E-state index is 14.7. The fourth-order valence-electron chi connectivity index (χ4n) is 3.09. The van der Waals surface area contributed by atoms with Crippen LogP contribution in [0.5, 0.6) is 0 Å². The second-order valence-corrected chi connectivity index (χ2v) is 6.67. The van der Waals surface area contributed by atoms with Crippen LogP contribution in [0.2, 0.25) is 0 Å². The standard InChI is InChI=1S/C18H18FN7O/c1-9(2)26-7-15(27)24-17-18(26)23-14(6-20-17)11-5-13(19)12(4-10(11)3)16-21-8-22-25-16/h4-6,8-9H,7H2,1-3H3,(H,20,24,27)(H,21,22,25). The lowest BCUT2D eigenvalue weighted by Gasteiger charge is -2.32. The summed E-state index contributed by atoms with van der Waals surface area (Å²) < 4.78 is 14.7. The molecule has 0 atom stereocenters. The minimum Gasteiger partial charge on any atom is -0.342 e. The first kappa shape index (κ1) is 17.1. The summed E-state index contributed by atoms with van der Waals surface area (Å²) in [5.74, 6) is 0.728. The molecule has 0 aliphatic carbocycles. The number of aromatic nitrogens is 5. The molecule has 0 spiro atoms. The topological polar surface area (TPSA) is 99.7 Å². The monoisotopic (exact) mass is 367 g/mol. The highest BCUT2D eigenvalue weighted by Crippen LogP contribution is 2.33. The van der Waals surface area contributed by atoms with Crippen molar-refractivity contribution in [2.45, 2.75) is 26.8 Å². The van der Waals surface area contributed by atoms with Crippen LogP contribution in [0.15, 0.2) is 24.7 Å². The molecule has 2 N–H and O–H groups in total. The fraction of sp³-hybridized carbons (Fsp3) is 0.278. The van der Waals surface area contributed by atoms with Crippen molar-refractivity contribution in [2.75, 3.05) is 16.8 Å². The zero-order valence-electron chi connectivity index (χ0n) is 15.1. The Hall–Kier alpha value is -3.36. The van der Waals surface area contributed by atoms with Gasteiger partial charge in [-0.1, -0.05) is 0 Å². The van der Waals surface area contributed by atoms with Gasteiger partial charge in [-0.15, -0.1) is 0 Å². The van der Waals surface area contributed by atoms with Crippen molar-refractivity contribution >= 4 is 17.5 Å². The minimum absolute atomic E-state index is 0.0744. The highest BCUT2D eigenvalue weighted by atomic mass is 19.1. The van der Waals surface area contributed by atoms with Crippen LogP contribution in [0.4, 0.5) is 16.0 Å². The van der Waals surface area contributed by atoms with Crippen LogP contribution in [0.25, 0.3) is 22.6 Å². The molecular formula is C18H18FN7O. The van der Waals surface area contributed by atoms with Gasteiger partial charge < -0.3 is 10.2 Å². The molecule has 3 aromatic rings. The van der Waals surface area contributed by atoms with Crippen molar-refractivity contribution in [2.24, 2.45) is 0 Å². The van der Waals surface area contributed by atoms with E-state index in [4.69, 9.17) is 0 Å². The van der Waals surface area contributed by atoms with Crippen molar-refractivity contribution in [1.29, 1.82) is 0 Å². The molecule has 8 nitrogen and oxygen atoms in total. The smallest absolute Gasteiger partial charge is 0.245 e. The molecule has 9 heteroatoms. The van der Waals surface area contributed by atoms with Gasteiger partial charge in [0.2, 0.25) is 5.91 Å². The Kier molecular flexibility index (Phi) is 4.06. The van der Waals surface area contributed by atoms with Gasteiger partial charge in [-0.05, 0) is 38.5 Å². The van der Waals surface area contributed by atoms with Crippen LogP contribution in [0.3, 0.4) is 0 Å². The number of fused-ring (bicyclic) bond motifs is 1. The number of aromatic amines is 1. The van der Waals surface area contributed by atoms with E-state index in [1.807, 2.05) is 25.7 Å². The third-order valence-electron chi connectivity index (χ3n) is 4.47. The molecule has 0 saturated carbocycles. The summed E-state index contributed by atoms with van der Waals surface area (Å²) in [7, 11) is 0. The molecule has 0 radical (unpaired) electrons. The molecule has 2 aromatic heterocycles. The zero-order chi connectivity index (χ0) is 19.1. The van der Waals surface area contributed by atoms with Crippen LogP contribution in [-0.4, -0.2) is 43.6 Å². The predicted molar refractivity (Wildman–Crippen MR) is 98.7 cm³/mol. The molecule has 1 aliphatic heterocycles. The number of nitrogens with zero attached hydrogens (tertiary/aromatic N) is 5. The average Bonchev–Trinajstić information content (AvgIpc) is 3.16. The van der Waals surface area contributed by atoms with E-state index >= 15 is 0 Å². The lowest BCUT2D eigenvalue weighted by atomic mass is 10.0. The number of hydrogen-bond donors (Lipinski definition) is 2. The van der Waals surface area contributed by atoms with Crippen LogP contribution >= 0.6 is 0 Å². The molecule has 0 bridgehead atoms. The minimum atomic E-state index is -0.441. The van der Waals surface area contributed by atoms with Gasteiger partial charge in [0.05, 0.1) is 24.0 Å². The van der Waals surface area contributed by atoms with E-state index in [9.17, 15) is 9.18 Å². The lowest BCUT2D eigenvalue weighted by molar-refractivity contribution is -0.115. The third kappa shape index (κ3) is 3.01. The normalized spacial score (nSPS) is 13.7. The molecular weight excluding hydrogens is 349 g/mol. The van der Waals surface area contributed by atoms with Crippen molar-refractivity contribution in [1.82, 2.24) is 25.1 Å². The molecule has 0 unspecified atom stereocenters. The number of H-pyrrole nitrogens is 1. The molecule has 138 valence electrons. The first-order valence-corrected chi connectivity index (χ1v) is 8.54. The number of anilines is 2. The SMILES string of the molecule is Cc1cc(-c2nc[nH]n2)c(F)cc1-c1cnc2c(n1)N(C(C)C)CC(=O)N2. The van der Waals surface area contributed by atoms with E-state index in [-0.39, 0.29) is 18.5 Å². The van der Waals surface area contributed by atoms with Gasteiger partial charge in [0.15, 0.2) is 17.5 Å². The summed E-state index contributed by atoms with van der Waals surface area (Å²) in [6.07, 6.45) is 2.94. The number of rotatable bonds is 3. The Morgan fingerprint density at radius 1 is 1.22 bits per heavy atom. The molecule has 0 saturated heterocycles.